The second kappa shape index (κ2) is 7.14. The molecule has 0 atom stereocenters. The van der Waals surface area contributed by atoms with E-state index in [4.69, 9.17) is 0 Å². The molecule has 0 aliphatic carbocycles. The van der Waals surface area contributed by atoms with Crippen LogP contribution in [0.2, 0.25) is 0 Å². The number of anilines is 1. The molecule has 0 aromatic carbocycles. The molecule has 3 amide bonds. The molecule has 3 aromatic rings. The van der Waals surface area contributed by atoms with Crippen molar-refractivity contribution in [3.8, 4) is 0 Å². The van der Waals surface area contributed by atoms with Gasteiger partial charge in [-0.15, -0.1) is 11.3 Å². The summed E-state index contributed by atoms with van der Waals surface area (Å²) in [6, 6.07) is 6.90. The van der Waals surface area contributed by atoms with Crippen LogP contribution >= 0.6 is 11.3 Å². The number of nitrogens with one attached hydrogen (secondary N) is 2. The fourth-order valence-corrected chi connectivity index (χ4v) is 2.96. The maximum atomic E-state index is 12.5. The van der Waals surface area contributed by atoms with Crippen molar-refractivity contribution in [2.75, 3.05) is 11.9 Å². The summed E-state index contributed by atoms with van der Waals surface area (Å²) < 4.78 is 6.31. The maximum Gasteiger partial charge on any atom is 0.414 e. The number of carbonyl (C=O) groups excluding carboxylic acids is 3. The van der Waals surface area contributed by atoms with Crippen molar-refractivity contribution in [2.24, 2.45) is 0 Å². The minimum atomic E-state index is -0.835. The van der Waals surface area contributed by atoms with Crippen LogP contribution in [0.1, 0.15) is 27.8 Å². The van der Waals surface area contributed by atoms with E-state index in [0.717, 1.165) is 0 Å². The molecule has 0 fully saturated rings. The van der Waals surface area contributed by atoms with E-state index in [1.54, 1.807) is 35.0 Å². The third kappa shape index (κ3) is 3.50. The molecule has 0 bridgehead atoms. The minimum absolute atomic E-state index is 0.153. The van der Waals surface area contributed by atoms with E-state index in [1.807, 2.05) is 6.07 Å². The first-order chi connectivity index (χ1) is 12.1. The van der Waals surface area contributed by atoms with Crippen LogP contribution in [0.5, 0.6) is 0 Å². The van der Waals surface area contributed by atoms with Crippen LogP contribution in [-0.2, 0) is 4.74 Å². The molecule has 0 radical (unpaired) electrons. The van der Waals surface area contributed by atoms with Gasteiger partial charge < -0.3 is 10.1 Å². The zero-order valence-electron chi connectivity index (χ0n) is 13.2. The second-order valence-corrected chi connectivity index (χ2v) is 5.78. The van der Waals surface area contributed by atoms with Gasteiger partial charge in [-0.1, -0.05) is 6.07 Å². The molecule has 3 aromatic heterocycles. The van der Waals surface area contributed by atoms with Crippen molar-refractivity contribution in [2.45, 2.75) is 6.92 Å². The van der Waals surface area contributed by atoms with E-state index in [0.29, 0.717) is 16.3 Å². The molecule has 0 unspecified atom stereocenters. The van der Waals surface area contributed by atoms with Gasteiger partial charge in [-0.25, -0.2) is 9.78 Å². The Kier molecular flexibility index (Phi) is 4.75. The Morgan fingerprint density at radius 1 is 1.24 bits per heavy atom. The van der Waals surface area contributed by atoms with Gasteiger partial charge in [0, 0.05) is 6.20 Å². The lowest BCUT2D eigenvalue weighted by Crippen LogP contribution is -2.31. The van der Waals surface area contributed by atoms with E-state index in [1.165, 1.54) is 23.6 Å². The number of rotatable bonds is 4. The van der Waals surface area contributed by atoms with Gasteiger partial charge >= 0.3 is 6.09 Å². The van der Waals surface area contributed by atoms with Gasteiger partial charge in [0.05, 0.1) is 18.4 Å². The van der Waals surface area contributed by atoms with Gasteiger partial charge in [0.1, 0.15) is 16.3 Å². The smallest absolute Gasteiger partial charge is 0.414 e. The lowest BCUT2D eigenvalue weighted by atomic mass is 10.3. The number of pyridine rings is 1. The summed E-state index contributed by atoms with van der Waals surface area (Å²) in [4.78, 5) is 40.1. The summed E-state index contributed by atoms with van der Waals surface area (Å²) >= 11 is 1.17. The molecule has 128 valence electrons. The summed E-state index contributed by atoms with van der Waals surface area (Å²) in [5.74, 6) is -1.06. The molecular formula is C16H14N4O4S. The minimum Gasteiger partial charge on any atom is -0.450 e. The highest BCUT2D eigenvalue weighted by atomic mass is 32.1. The molecule has 2 N–H and O–H groups in total. The number of ether oxygens (including phenoxy) is 1. The Hall–Kier alpha value is -3.20. The van der Waals surface area contributed by atoms with E-state index in [-0.39, 0.29) is 12.2 Å². The van der Waals surface area contributed by atoms with Crippen molar-refractivity contribution >= 4 is 39.9 Å². The van der Waals surface area contributed by atoms with E-state index >= 15 is 0 Å². The summed E-state index contributed by atoms with van der Waals surface area (Å²) in [7, 11) is 0. The van der Waals surface area contributed by atoms with Gasteiger partial charge in [-0.3, -0.25) is 19.3 Å². The van der Waals surface area contributed by atoms with E-state index in [2.05, 4.69) is 20.4 Å². The number of imide groups is 1. The molecule has 3 heterocycles. The standard InChI is InChI=1S/C16H14N4O4S/c1-2-24-16(23)19-13(21)10-6-8-25-15(10)18-14(22)11-9-17-12-5-3-4-7-20(11)12/h3-9H,2H2,1H3,(H,18,22)(H,19,21,23). The number of carbonyl (C=O) groups is 3. The molecular weight excluding hydrogens is 344 g/mol. The summed E-state index contributed by atoms with van der Waals surface area (Å²) in [6.45, 7) is 1.79. The van der Waals surface area contributed by atoms with Crippen molar-refractivity contribution in [1.82, 2.24) is 14.7 Å². The number of thiophene rings is 1. The zero-order chi connectivity index (χ0) is 17.8. The van der Waals surface area contributed by atoms with Crippen molar-refractivity contribution in [1.29, 1.82) is 0 Å². The molecule has 0 spiro atoms. The van der Waals surface area contributed by atoms with Gasteiger partial charge in [-0.05, 0) is 30.5 Å². The fourth-order valence-electron chi connectivity index (χ4n) is 2.18. The SMILES string of the molecule is CCOC(=O)NC(=O)c1ccsc1NC(=O)c1cnc2ccccn12. The van der Waals surface area contributed by atoms with Gasteiger partial charge in [0.2, 0.25) is 0 Å². The highest BCUT2D eigenvalue weighted by molar-refractivity contribution is 7.14. The predicted octanol–water partition coefficient (Wildman–Crippen LogP) is 2.53. The molecule has 3 rings (SSSR count). The number of imidazole rings is 1. The fraction of sp³-hybridized carbons (Fsp3) is 0.125. The topological polar surface area (TPSA) is 102 Å². The van der Waals surface area contributed by atoms with Crippen LogP contribution in [0, 0.1) is 0 Å². The van der Waals surface area contributed by atoms with Crippen molar-refractivity contribution in [3.05, 3.63) is 53.3 Å². The normalized spacial score (nSPS) is 10.4. The van der Waals surface area contributed by atoms with Gasteiger partial charge in [-0.2, -0.15) is 0 Å². The molecule has 0 aliphatic rings. The number of hydrogen-bond acceptors (Lipinski definition) is 6. The second-order valence-electron chi connectivity index (χ2n) is 4.86. The number of aromatic nitrogens is 2. The number of alkyl carbamates (subject to hydrolysis) is 1. The van der Waals surface area contributed by atoms with Crippen LogP contribution in [0.4, 0.5) is 9.80 Å². The quantitative estimate of drug-likeness (QED) is 0.746. The van der Waals surface area contributed by atoms with E-state index in [9.17, 15) is 14.4 Å². The van der Waals surface area contributed by atoms with Crippen LogP contribution in [-0.4, -0.2) is 33.9 Å². The summed E-state index contributed by atoms with van der Waals surface area (Å²) in [5.41, 5.74) is 1.15. The molecule has 25 heavy (non-hydrogen) atoms. The average Bonchev–Trinajstić information content (AvgIpc) is 3.21. The van der Waals surface area contributed by atoms with Crippen LogP contribution in [0.25, 0.3) is 5.65 Å². The first-order valence-electron chi connectivity index (χ1n) is 7.39. The Labute approximate surface area is 146 Å². The molecule has 0 aliphatic heterocycles. The Balaban J connectivity index is 1.78. The molecule has 0 saturated carbocycles. The molecule has 8 nitrogen and oxygen atoms in total. The first-order valence-corrected chi connectivity index (χ1v) is 8.27. The van der Waals surface area contributed by atoms with Crippen LogP contribution < -0.4 is 10.6 Å². The molecule has 9 heteroatoms. The monoisotopic (exact) mass is 358 g/mol. The van der Waals surface area contributed by atoms with Gasteiger partial charge in [0.15, 0.2) is 0 Å². The third-order valence-corrected chi connectivity index (χ3v) is 4.11. The highest BCUT2D eigenvalue weighted by Gasteiger charge is 2.19. The Morgan fingerprint density at radius 2 is 2.08 bits per heavy atom. The number of fused-ring (bicyclic) bond motifs is 1. The largest absolute Gasteiger partial charge is 0.450 e. The van der Waals surface area contributed by atoms with Crippen LogP contribution in [0.15, 0.2) is 42.0 Å². The lowest BCUT2D eigenvalue weighted by Gasteiger charge is -2.07. The highest BCUT2D eigenvalue weighted by Crippen LogP contribution is 2.24. The summed E-state index contributed by atoms with van der Waals surface area (Å²) in [6.07, 6.45) is 2.34. The molecule has 0 saturated heterocycles. The number of nitrogens with zero attached hydrogens (tertiary/aromatic N) is 2. The average molecular weight is 358 g/mol. The lowest BCUT2D eigenvalue weighted by molar-refractivity contribution is 0.0926. The van der Waals surface area contributed by atoms with Crippen molar-refractivity contribution < 1.29 is 19.1 Å². The van der Waals surface area contributed by atoms with E-state index < -0.39 is 17.9 Å². The first kappa shape index (κ1) is 16.7. The number of amides is 3. The van der Waals surface area contributed by atoms with Crippen molar-refractivity contribution in [3.63, 3.8) is 0 Å². The van der Waals surface area contributed by atoms with Crippen LogP contribution in [0.3, 0.4) is 0 Å². The maximum absolute atomic E-state index is 12.5. The van der Waals surface area contributed by atoms with Gasteiger partial charge in [0.25, 0.3) is 11.8 Å². The predicted molar refractivity (Wildman–Crippen MR) is 92.0 cm³/mol. The third-order valence-electron chi connectivity index (χ3n) is 3.28. The Morgan fingerprint density at radius 3 is 2.88 bits per heavy atom. The Bertz CT molecular complexity index is 946. The zero-order valence-corrected chi connectivity index (χ0v) is 14.0. The summed E-state index contributed by atoms with van der Waals surface area (Å²) in [5, 5.41) is 6.75. The number of hydrogen-bond donors (Lipinski definition) is 2.